The number of amides is 2. The van der Waals surface area contributed by atoms with Gasteiger partial charge in [-0.1, -0.05) is 69.3 Å². The van der Waals surface area contributed by atoms with Gasteiger partial charge in [-0.3, -0.25) is 9.59 Å². The fourth-order valence-electron chi connectivity index (χ4n) is 3.01. The van der Waals surface area contributed by atoms with E-state index in [4.69, 9.17) is 4.74 Å². The van der Waals surface area contributed by atoms with Gasteiger partial charge in [0.15, 0.2) is 6.61 Å². The minimum Gasteiger partial charge on any atom is -0.483 e. The second-order valence-corrected chi connectivity index (χ2v) is 7.83. The van der Waals surface area contributed by atoms with E-state index < -0.39 is 6.04 Å². The predicted molar refractivity (Wildman–Crippen MR) is 111 cm³/mol. The molecule has 0 aliphatic rings. The zero-order valence-corrected chi connectivity index (χ0v) is 17.4. The number of likely N-dealkylation sites (N-methyl/N-ethyl adjacent to an activating group) is 1. The highest BCUT2D eigenvalue weighted by molar-refractivity contribution is 5.87. The summed E-state index contributed by atoms with van der Waals surface area (Å²) >= 11 is 0. The molecule has 150 valence electrons. The molecular formula is C23H30N2O3. The molecule has 2 aromatic carbocycles. The SMILES string of the molecule is CNC(=O)[C@@H](C)N(Cc1ccccc1)C(=O)COc1ccccc1C(C)(C)C. The summed E-state index contributed by atoms with van der Waals surface area (Å²) in [4.78, 5) is 26.7. The normalized spacial score (nSPS) is 12.2. The summed E-state index contributed by atoms with van der Waals surface area (Å²) in [6.07, 6.45) is 0. The first-order chi connectivity index (χ1) is 13.2. The van der Waals surface area contributed by atoms with Crippen LogP contribution in [-0.4, -0.2) is 36.4 Å². The van der Waals surface area contributed by atoms with Gasteiger partial charge in [0.25, 0.3) is 5.91 Å². The number of nitrogens with zero attached hydrogens (tertiary/aromatic N) is 1. The van der Waals surface area contributed by atoms with Crippen LogP contribution in [0.4, 0.5) is 0 Å². The van der Waals surface area contributed by atoms with E-state index in [1.54, 1.807) is 18.9 Å². The van der Waals surface area contributed by atoms with Gasteiger partial charge in [0.1, 0.15) is 11.8 Å². The first kappa shape index (κ1) is 21.5. The van der Waals surface area contributed by atoms with Gasteiger partial charge in [-0.2, -0.15) is 0 Å². The number of para-hydroxylation sites is 1. The molecule has 0 saturated heterocycles. The number of nitrogens with one attached hydrogen (secondary N) is 1. The van der Waals surface area contributed by atoms with E-state index in [1.807, 2.05) is 54.6 Å². The van der Waals surface area contributed by atoms with Crippen LogP contribution in [-0.2, 0) is 21.5 Å². The lowest BCUT2D eigenvalue weighted by Gasteiger charge is -2.29. The smallest absolute Gasteiger partial charge is 0.261 e. The maximum absolute atomic E-state index is 13.0. The van der Waals surface area contributed by atoms with E-state index in [0.717, 1.165) is 11.1 Å². The third kappa shape index (κ3) is 5.59. The van der Waals surface area contributed by atoms with Crippen LogP contribution in [0.1, 0.15) is 38.8 Å². The number of hydrogen-bond donors (Lipinski definition) is 1. The minimum absolute atomic E-state index is 0.0985. The summed E-state index contributed by atoms with van der Waals surface area (Å²) in [7, 11) is 1.57. The van der Waals surface area contributed by atoms with Gasteiger partial charge in [-0.25, -0.2) is 0 Å². The molecule has 2 aromatic rings. The molecule has 1 N–H and O–H groups in total. The monoisotopic (exact) mass is 382 g/mol. The van der Waals surface area contributed by atoms with Crippen molar-refractivity contribution in [2.45, 2.75) is 45.7 Å². The highest BCUT2D eigenvalue weighted by Crippen LogP contribution is 2.31. The van der Waals surface area contributed by atoms with Crippen molar-refractivity contribution in [3.8, 4) is 5.75 Å². The Morgan fingerprint density at radius 1 is 1.04 bits per heavy atom. The summed E-state index contributed by atoms with van der Waals surface area (Å²) in [6.45, 7) is 8.26. The molecule has 2 rings (SSSR count). The topological polar surface area (TPSA) is 58.6 Å². The molecule has 0 aromatic heterocycles. The second-order valence-electron chi connectivity index (χ2n) is 7.83. The zero-order chi connectivity index (χ0) is 20.7. The summed E-state index contributed by atoms with van der Waals surface area (Å²) in [5.74, 6) is 0.249. The number of hydrogen-bond acceptors (Lipinski definition) is 3. The van der Waals surface area contributed by atoms with Gasteiger partial charge in [-0.05, 0) is 29.5 Å². The Kier molecular flexibility index (Phi) is 7.21. The Morgan fingerprint density at radius 3 is 2.25 bits per heavy atom. The van der Waals surface area contributed by atoms with Crippen molar-refractivity contribution in [1.29, 1.82) is 0 Å². The highest BCUT2D eigenvalue weighted by atomic mass is 16.5. The zero-order valence-electron chi connectivity index (χ0n) is 17.4. The van der Waals surface area contributed by atoms with Crippen LogP contribution in [0.15, 0.2) is 54.6 Å². The standard InChI is InChI=1S/C23H30N2O3/c1-17(22(27)24-5)25(15-18-11-7-6-8-12-18)21(26)16-28-20-14-10-9-13-19(20)23(2,3)4/h6-14,17H,15-16H2,1-5H3,(H,24,27)/t17-/m1/s1. The molecule has 0 aliphatic carbocycles. The molecule has 0 bridgehead atoms. The molecule has 5 heteroatoms. The molecule has 0 radical (unpaired) electrons. The quantitative estimate of drug-likeness (QED) is 0.797. The van der Waals surface area contributed by atoms with E-state index in [1.165, 1.54) is 0 Å². The van der Waals surface area contributed by atoms with Crippen LogP contribution in [0.2, 0.25) is 0 Å². The third-order valence-electron chi connectivity index (χ3n) is 4.66. The Morgan fingerprint density at radius 2 is 1.64 bits per heavy atom. The van der Waals surface area contributed by atoms with Crippen LogP contribution < -0.4 is 10.1 Å². The average Bonchev–Trinajstić information content (AvgIpc) is 2.69. The van der Waals surface area contributed by atoms with Gasteiger partial charge in [-0.15, -0.1) is 0 Å². The number of carbonyl (C=O) groups excluding carboxylic acids is 2. The predicted octanol–water partition coefficient (Wildman–Crippen LogP) is 3.53. The molecule has 5 nitrogen and oxygen atoms in total. The second kappa shape index (κ2) is 9.40. The highest BCUT2D eigenvalue weighted by Gasteiger charge is 2.26. The van der Waals surface area contributed by atoms with Crippen molar-refractivity contribution in [3.05, 3.63) is 65.7 Å². The molecule has 0 fully saturated rings. The third-order valence-corrected chi connectivity index (χ3v) is 4.66. The average molecular weight is 383 g/mol. The number of benzene rings is 2. The molecule has 28 heavy (non-hydrogen) atoms. The van der Waals surface area contributed by atoms with Gasteiger partial charge in [0.05, 0.1) is 0 Å². The maximum atomic E-state index is 13.0. The largest absolute Gasteiger partial charge is 0.483 e. The molecule has 1 atom stereocenters. The first-order valence-electron chi connectivity index (χ1n) is 9.51. The van der Waals surface area contributed by atoms with Gasteiger partial charge in [0.2, 0.25) is 5.91 Å². The fraction of sp³-hybridized carbons (Fsp3) is 0.391. The van der Waals surface area contributed by atoms with Crippen LogP contribution >= 0.6 is 0 Å². The van der Waals surface area contributed by atoms with Crippen LogP contribution in [0.25, 0.3) is 0 Å². The minimum atomic E-state index is -0.598. The van der Waals surface area contributed by atoms with Crippen molar-refractivity contribution in [2.24, 2.45) is 0 Å². The van der Waals surface area contributed by atoms with Crippen molar-refractivity contribution in [1.82, 2.24) is 10.2 Å². The number of ether oxygens (including phenoxy) is 1. The van der Waals surface area contributed by atoms with E-state index in [2.05, 4.69) is 26.1 Å². The summed E-state index contributed by atoms with van der Waals surface area (Å²) in [5, 5.41) is 2.62. The fourth-order valence-corrected chi connectivity index (χ4v) is 3.01. The molecule has 0 unspecified atom stereocenters. The summed E-state index contributed by atoms with van der Waals surface area (Å²) in [5.41, 5.74) is 1.90. The Hall–Kier alpha value is -2.82. The van der Waals surface area contributed by atoms with Crippen molar-refractivity contribution in [3.63, 3.8) is 0 Å². The van der Waals surface area contributed by atoms with E-state index in [0.29, 0.717) is 12.3 Å². The van der Waals surface area contributed by atoms with E-state index in [-0.39, 0.29) is 23.8 Å². The summed E-state index contributed by atoms with van der Waals surface area (Å²) < 4.78 is 5.88. The Labute approximate surface area is 167 Å². The number of carbonyl (C=O) groups is 2. The Balaban J connectivity index is 2.18. The van der Waals surface area contributed by atoms with Crippen LogP contribution in [0.5, 0.6) is 5.75 Å². The van der Waals surface area contributed by atoms with Gasteiger partial charge < -0.3 is 15.0 Å². The number of rotatable bonds is 7. The molecule has 0 saturated carbocycles. The maximum Gasteiger partial charge on any atom is 0.261 e. The van der Waals surface area contributed by atoms with Crippen LogP contribution in [0, 0.1) is 0 Å². The van der Waals surface area contributed by atoms with Crippen molar-refractivity contribution < 1.29 is 14.3 Å². The summed E-state index contributed by atoms with van der Waals surface area (Å²) in [6, 6.07) is 16.8. The molecule has 2 amide bonds. The molecular weight excluding hydrogens is 352 g/mol. The van der Waals surface area contributed by atoms with Crippen molar-refractivity contribution >= 4 is 11.8 Å². The molecule has 0 aliphatic heterocycles. The first-order valence-corrected chi connectivity index (χ1v) is 9.51. The lowest BCUT2D eigenvalue weighted by atomic mass is 9.86. The van der Waals surface area contributed by atoms with E-state index in [9.17, 15) is 9.59 Å². The van der Waals surface area contributed by atoms with Crippen molar-refractivity contribution in [2.75, 3.05) is 13.7 Å². The molecule has 0 spiro atoms. The lowest BCUT2D eigenvalue weighted by Crippen LogP contribution is -2.48. The van der Waals surface area contributed by atoms with Gasteiger partial charge >= 0.3 is 0 Å². The van der Waals surface area contributed by atoms with E-state index >= 15 is 0 Å². The van der Waals surface area contributed by atoms with Gasteiger partial charge in [0, 0.05) is 13.6 Å². The molecule has 0 heterocycles. The Bertz CT molecular complexity index is 797. The lowest BCUT2D eigenvalue weighted by molar-refractivity contribution is -0.142. The van der Waals surface area contributed by atoms with Crippen LogP contribution in [0.3, 0.4) is 0 Å².